The molecule has 0 atom stereocenters. The van der Waals surface area contributed by atoms with Crippen molar-refractivity contribution in [1.82, 2.24) is 0 Å². The van der Waals surface area contributed by atoms with E-state index in [4.69, 9.17) is 0 Å². The molecule has 0 bridgehead atoms. The van der Waals surface area contributed by atoms with Crippen LogP contribution < -0.4 is 0 Å². The van der Waals surface area contributed by atoms with Crippen LogP contribution in [0.1, 0.15) is 41.5 Å². The maximum atomic E-state index is 2.27. The molecule has 0 spiro atoms. The molecule has 0 heterocycles. The standard InChI is InChI=1S/C16H30S6/c1-7-17-13(15(19-9-3)20-10-4)14(18-8-2)16(21-11-5)22-12-6/h7-12H2,1-6H3. The molecule has 22 heavy (non-hydrogen) atoms. The number of thioether (sulfide) groups is 6. The fraction of sp³-hybridized carbons (Fsp3) is 0.750. The summed E-state index contributed by atoms with van der Waals surface area (Å²) in [6.07, 6.45) is 0. The van der Waals surface area contributed by atoms with Crippen LogP contribution in [0.5, 0.6) is 0 Å². The zero-order valence-corrected chi connectivity index (χ0v) is 19.6. The van der Waals surface area contributed by atoms with Crippen LogP contribution in [0.4, 0.5) is 0 Å². The molecule has 6 heteroatoms. The monoisotopic (exact) mass is 414 g/mol. The molecule has 0 amide bonds. The number of hydrogen-bond acceptors (Lipinski definition) is 6. The predicted molar refractivity (Wildman–Crippen MR) is 123 cm³/mol. The van der Waals surface area contributed by atoms with Crippen LogP contribution in [0.3, 0.4) is 0 Å². The summed E-state index contributed by atoms with van der Waals surface area (Å²) in [7, 11) is 0. The minimum absolute atomic E-state index is 1.14. The lowest BCUT2D eigenvalue weighted by atomic mass is 10.6. The number of hydrogen-bond donors (Lipinski definition) is 0. The lowest BCUT2D eigenvalue weighted by Gasteiger charge is -2.19. The Labute approximate surface area is 164 Å². The molecule has 0 aliphatic rings. The van der Waals surface area contributed by atoms with Gasteiger partial charge in [-0.25, -0.2) is 0 Å². The van der Waals surface area contributed by atoms with Crippen molar-refractivity contribution in [2.75, 3.05) is 34.5 Å². The molecule has 0 saturated carbocycles. The highest BCUT2D eigenvalue weighted by Crippen LogP contribution is 2.48. The first-order chi connectivity index (χ1) is 10.7. The van der Waals surface area contributed by atoms with Crippen molar-refractivity contribution in [3.05, 3.63) is 18.3 Å². The van der Waals surface area contributed by atoms with E-state index < -0.39 is 0 Å². The summed E-state index contributed by atoms with van der Waals surface area (Å²) in [5.41, 5.74) is 0. The van der Waals surface area contributed by atoms with E-state index in [-0.39, 0.29) is 0 Å². The van der Waals surface area contributed by atoms with Gasteiger partial charge in [0.05, 0.1) is 8.47 Å². The van der Waals surface area contributed by atoms with Crippen molar-refractivity contribution in [3.63, 3.8) is 0 Å². The SMILES string of the molecule is CCSC(SCC)=C(SCC)C(SCC)=C(SCC)SCC. The lowest BCUT2D eigenvalue weighted by molar-refractivity contribution is 1.51. The Balaban J connectivity index is 5.92. The summed E-state index contributed by atoms with van der Waals surface area (Å²) in [5, 5.41) is 0. The van der Waals surface area contributed by atoms with E-state index in [1.54, 1.807) is 0 Å². The second-order valence-corrected chi connectivity index (χ2v) is 12.0. The summed E-state index contributed by atoms with van der Waals surface area (Å²) >= 11 is 12.1. The molecule has 0 rings (SSSR count). The molecular formula is C16H30S6. The Hall–Kier alpha value is 1.58. The van der Waals surface area contributed by atoms with Crippen LogP contribution in [0, 0.1) is 0 Å². The number of rotatable bonds is 13. The average molecular weight is 415 g/mol. The Morgan fingerprint density at radius 1 is 0.409 bits per heavy atom. The first-order valence-corrected chi connectivity index (χ1v) is 13.9. The molecule has 0 nitrogen and oxygen atoms in total. The topological polar surface area (TPSA) is 0 Å². The van der Waals surface area contributed by atoms with Gasteiger partial charge in [0.1, 0.15) is 0 Å². The second-order valence-electron chi connectivity index (χ2n) is 3.83. The first kappa shape index (κ1) is 23.6. The Kier molecular flexibility index (Phi) is 17.2. The second kappa shape index (κ2) is 16.1. The molecule has 0 unspecified atom stereocenters. The molecule has 0 aromatic rings. The third-order valence-corrected chi connectivity index (χ3v) is 9.31. The molecule has 0 saturated heterocycles. The van der Waals surface area contributed by atoms with Crippen molar-refractivity contribution in [1.29, 1.82) is 0 Å². The van der Waals surface area contributed by atoms with Crippen LogP contribution in [-0.2, 0) is 0 Å². The van der Waals surface area contributed by atoms with Crippen molar-refractivity contribution >= 4 is 70.6 Å². The Morgan fingerprint density at radius 3 is 0.818 bits per heavy atom. The Bertz CT molecular complexity index is 299. The summed E-state index contributed by atoms with van der Waals surface area (Å²) in [5.74, 6) is 6.88. The summed E-state index contributed by atoms with van der Waals surface area (Å²) in [6.45, 7) is 13.6. The van der Waals surface area contributed by atoms with E-state index in [1.165, 1.54) is 18.3 Å². The van der Waals surface area contributed by atoms with E-state index in [1.807, 2.05) is 70.6 Å². The lowest BCUT2D eigenvalue weighted by Crippen LogP contribution is -1.93. The zero-order chi connectivity index (χ0) is 16.8. The van der Waals surface area contributed by atoms with Gasteiger partial charge < -0.3 is 0 Å². The quantitative estimate of drug-likeness (QED) is 0.279. The van der Waals surface area contributed by atoms with Crippen LogP contribution in [0.2, 0.25) is 0 Å². The molecule has 0 fully saturated rings. The van der Waals surface area contributed by atoms with E-state index in [0.717, 1.165) is 34.5 Å². The van der Waals surface area contributed by atoms with Gasteiger partial charge in [-0.3, -0.25) is 0 Å². The van der Waals surface area contributed by atoms with Gasteiger partial charge in [-0.1, -0.05) is 41.5 Å². The maximum Gasteiger partial charge on any atom is 0.0549 e. The van der Waals surface area contributed by atoms with E-state index in [2.05, 4.69) is 41.5 Å². The van der Waals surface area contributed by atoms with E-state index in [0.29, 0.717) is 0 Å². The van der Waals surface area contributed by atoms with Gasteiger partial charge in [0.25, 0.3) is 0 Å². The fourth-order valence-electron chi connectivity index (χ4n) is 1.59. The first-order valence-electron chi connectivity index (χ1n) is 7.95. The predicted octanol–water partition coefficient (Wildman–Crippen LogP) is 7.84. The summed E-state index contributed by atoms with van der Waals surface area (Å²) in [4.78, 5) is 3.06. The Morgan fingerprint density at radius 2 is 0.636 bits per heavy atom. The smallest absolute Gasteiger partial charge is 0.0549 e. The van der Waals surface area contributed by atoms with E-state index >= 15 is 0 Å². The van der Waals surface area contributed by atoms with E-state index in [9.17, 15) is 0 Å². The molecular weight excluding hydrogens is 385 g/mol. The van der Waals surface area contributed by atoms with Crippen molar-refractivity contribution < 1.29 is 0 Å². The highest BCUT2D eigenvalue weighted by Gasteiger charge is 2.18. The van der Waals surface area contributed by atoms with Crippen LogP contribution in [-0.4, -0.2) is 34.5 Å². The minimum Gasteiger partial charge on any atom is -0.124 e. The normalized spacial score (nSPS) is 10.6. The van der Waals surface area contributed by atoms with Gasteiger partial charge in [0.15, 0.2) is 0 Å². The molecule has 0 aliphatic carbocycles. The highest BCUT2D eigenvalue weighted by atomic mass is 32.2. The molecule has 130 valence electrons. The largest absolute Gasteiger partial charge is 0.124 e. The van der Waals surface area contributed by atoms with Gasteiger partial charge in [-0.2, -0.15) is 0 Å². The third kappa shape index (κ3) is 9.16. The van der Waals surface area contributed by atoms with Crippen LogP contribution in [0.15, 0.2) is 18.3 Å². The molecule has 0 aliphatic heterocycles. The molecule has 0 aromatic heterocycles. The zero-order valence-electron chi connectivity index (χ0n) is 14.7. The van der Waals surface area contributed by atoms with Gasteiger partial charge in [-0.05, 0) is 34.5 Å². The van der Waals surface area contributed by atoms with Crippen LogP contribution in [0.25, 0.3) is 0 Å². The van der Waals surface area contributed by atoms with Gasteiger partial charge in [0, 0.05) is 9.81 Å². The van der Waals surface area contributed by atoms with Crippen LogP contribution >= 0.6 is 70.6 Å². The third-order valence-electron chi connectivity index (χ3n) is 2.26. The van der Waals surface area contributed by atoms with Gasteiger partial charge in [-0.15, -0.1) is 70.6 Å². The fourth-order valence-corrected chi connectivity index (χ4v) is 8.96. The summed E-state index contributed by atoms with van der Waals surface area (Å²) < 4.78 is 3.05. The maximum absolute atomic E-state index is 2.27. The molecule has 0 aromatic carbocycles. The minimum atomic E-state index is 1.14. The molecule has 0 N–H and O–H groups in total. The highest BCUT2D eigenvalue weighted by molar-refractivity contribution is 8.24. The van der Waals surface area contributed by atoms with Crippen molar-refractivity contribution in [2.45, 2.75) is 41.5 Å². The van der Waals surface area contributed by atoms with Crippen molar-refractivity contribution in [2.24, 2.45) is 0 Å². The van der Waals surface area contributed by atoms with Gasteiger partial charge >= 0.3 is 0 Å². The average Bonchev–Trinajstić information content (AvgIpc) is 2.50. The summed E-state index contributed by atoms with van der Waals surface area (Å²) in [6, 6.07) is 0. The van der Waals surface area contributed by atoms with Gasteiger partial charge in [0.2, 0.25) is 0 Å². The van der Waals surface area contributed by atoms with Crippen molar-refractivity contribution in [3.8, 4) is 0 Å². The molecule has 0 radical (unpaired) electrons.